The summed E-state index contributed by atoms with van der Waals surface area (Å²) in [6, 6.07) is 4.13. The van der Waals surface area contributed by atoms with Crippen LogP contribution >= 0.6 is 0 Å². The molecule has 1 aliphatic rings. The van der Waals surface area contributed by atoms with Crippen LogP contribution in [0.3, 0.4) is 0 Å². The predicted molar refractivity (Wildman–Crippen MR) is 74.2 cm³/mol. The zero-order valence-corrected chi connectivity index (χ0v) is 11.9. The van der Waals surface area contributed by atoms with Crippen molar-refractivity contribution in [3.63, 3.8) is 0 Å². The molecule has 0 aliphatic carbocycles. The molecular formula is C14H21N3O3. The Bertz CT molecular complexity index is 459. The van der Waals surface area contributed by atoms with Gasteiger partial charge in [-0.05, 0) is 32.4 Å². The molecule has 2 heterocycles. The van der Waals surface area contributed by atoms with Crippen LogP contribution in [0.4, 0.5) is 0 Å². The molecule has 20 heavy (non-hydrogen) atoms. The molecule has 1 aromatic heterocycles. The fraction of sp³-hybridized carbons (Fsp3) is 0.571. The van der Waals surface area contributed by atoms with E-state index >= 15 is 0 Å². The predicted octanol–water partition coefficient (Wildman–Crippen LogP) is 1.36. The molecule has 0 radical (unpaired) electrons. The van der Waals surface area contributed by atoms with Gasteiger partial charge in [0.2, 0.25) is 0 Å². The highest BCUT2D eigenvalue weighted by atomic mass is 16.5. The SMILES string of the molecule is Cc1[nH]c(CN(C)CC2CCOC2)cc1C#N.O=CO. The molecule has 1 saturated heterocycles. The van der Waals surface area contributed by atoms with Crippen LogP contribution in [0.25, 0.3) is 0 Å². The summed E-state index contributed by atoms with van der Waals surface area (Å²) in [4.78, 5) is 13.9. The van der Waals surface area contributed by atoms with E-state index < -0.39 is 0 Å². The van der Waals surface area contributed by atoms with Crippen LogP contribution in [0.5, 0.6) is 0 Å². The summed E-state index contributed by atoms with van der Waals surface area (Å²) < 4.78 is 5.37. The van der Waals surface area contributed by atoms with E-state index in [1.165, 1.54) is 0 Å². The number of nitrogens with zero attached hydrogens (tertiary/aromatic N) is 2. The first-order chi connectivity index (χ1) is 9.60. The highest BCUT2D eigenvalue weighted by molar-refractivity contribution is 5.35. The van der Waals surface area contributed by atoms with Gasteiger partial charge in [-0.25, -0.2) is 0 Å². The summed E-state index contributed by atoms with van der Waals surface area (Å²) in [5, 5.41) is 15.8. The molecular weight excluding hydrogens is 258 g/mol. The highest BCUT2D eigenvalue weighted by Gasteiger charge is 2.17. The molecule has 1 aromatic rings. The minimum absolute atomic E-state index is 0.250. The number of nitriles is 1. The lowest BCUT2D eigenvalue weighted by molar-refractivity contribution is -0.122. The van der Waals surface area contributed by atoms with Crippen LogP contribution < -0.4 is 0 Å². The minimum Gasteiger partial charge on any atom is -0.483 e. The van der Waals surface area contributed by atoms with Crippen molar-refractivity contribution < 1.29 is 14.6 Å². The van der Waals surface area contributed by atoms with E-state index in [1.807, 2.05) is 13.0 Å². The van der Waals surface area contributed by atoms with Crippen LogP contribution in [0.15, 0.2) is 6.07 Å². The van der Waals surface area contributed by atoms with Crippen LogP contribution in [0, 0.1) is 24.2 Å². The van der Waals surface area contributed by atoms with Crippen molar-refractivity contribution in [2.24, 2.45) is 5.92 Å². The fourth-order valence-corrected chi connectivity index (χ4v) is 2.35. The molecule has 2 N–H and O–H groups in total. The lowest BCUT2D eigenvalue weighted by Crippen LogP contribution is -2.25. The molecule has 1 aliphatic heterocycles. The third-order valence-corrected chi connectivity index (χ3v) is 3.23. The molecule has 1 atom stereocenters. The topological polar surface area (TPSA) is 89.4 Å². The van der Waals surface area contributed by atoms with E-state index in [0.29, 0.717) is 5.92 Å². The molecule has 1 unspecified atom stereocenters. The molecule has 6 heteroatoms. The summed E-state index contributed by atoms with van der Waals surface area (Å²) in [5.41, 5.74) is 2.82. The Hall–Kier alpha value is -1.84. The van der Waals surface area contributed by atoms with Crippen molar-refractivity contribution in [2.75, 3.05) is 26.8 Å². The lowest BCUT2D eigenvalue weighted by Gasteiger charge is -2.19. The standard InChI is InChI=1S/C13H19N3O.CH2O2/c1-10-12(6-14)5-13(15-10)8-16(2)7-11-3-4-17-9-11;2-1-3/h5,11,15H,3-4,7-9H2,1-2H3;1H,(H,2,3). The number of nitrogens with one attached hydrogen (secondary N) is 1. The molecule has 0 saturated carbocycles. The van der Waals surface area contributed by atoms with Crippen LogP contribution in [0.2, 0.25) is 0 Å². The van der Waals surface area contributed by atoms with E-state index in [1.54, 1.807) is 0 Å². The van der Waals surface area contributed by atoms with Crippen molar-refractivity contribution >= 4 is 6.47 Å². The van der Waals surface area contributed by atoms with E-state index in [0.717, 1.165) is 49.7 Å². The van der Waals surface area contributed by atoms with Crippen molar-refractivity contribution in [3.05, 3.63) is 23.0 Å². The monoisotopic (exact) mass is 279 g/mol. The fourth-order valence-electron chi connectivity index (χ4n) is 2.35. The molecule has 0 amide bonds. The zero-order chi connectivity index (χ0) is 15.0. The van der Waals surface area contributed by atoms with Gasteiger partial charge in [-0.2, -0.15) is 5.26 Å². The first-order valence-corrected chi connectivity index (χ1v) is 6.53. The number of hydrogen-bond acceptors (Lipinski definition) is 4. The summed E-state index contributed by atoms with van der Waals surface area (Å²) in [6.07, 6.45) is 1.16. The van der Waals surface area contributed by atoms with Gasteiger partial charge < -0.3 is 19.7 Å². The maximum atomic E-state index is 8.90. The molecule has 2 rings (SSSR count). The Balaban J connectivity index is 0.000000612. The summed E-state index contributed by atoms with van der Waals surface area (Å²) in [6.45, 7) is 5.39. The Kier molecular flexibility index (Phi) is 6.77. The van der Waals surface area contributed by atoms with Gasteiger partial charge in [-0.15, -0.1) is 0 Å². The normalized spacial score (nSPS) is 17.4. The number of carboxylic acid groups (broad SMARTS) is 1. The molecule has 6 nitrogen and oxygen atoms in total. The number of hydrogen-bond donors (Lipinski definition) is 2. The van der Waals surface area contributed by atoms with E-state index in [9.17, 15) is 0 Å². The van der Waals surface area contributed by atoms with Gasteiger partial charge in [0.05, 0.1) is 12.2 Å². The van der Waals surface area contributed by atoms with Gasteiger partial charge in [0, 0.05) is 31.1 Å². The summed E-state index contributed by atoms with van der Waals surface area (Å²) in [5.74, 6) is 0.659. The number of aromatic nitrogens is 1. The van der Waals surface area contributed by atoms with Gasteiger partial charge in [0.25, 0.3) is 6.47 Å². The Morgan fingerprint density at radius 3 is 2.90 bits per heavy atom. The van der Waals surface area contributed by atoms with Gasteiger partial charge in [0.1, 0.15) is 6.07 Å². The number of aromatic amines is 1. The van der Waals surface area contributed by atoms with Gasteiger partial charge >= 0.3 is 0 Å². The van der Waals surface area contributed by atoms with Gasteiger partial charge in [0.15, 0.2) is 0 Å². The second kappa shape index (κ2) is 8.35. The molecule has 0 aromatic carbocycles. The maximum Gasteiger partial charge on any atom is 0.290 e. The molecule has 1 fully saturated rings. The van der Waals surface area contributed by atoms with E-state index in [2.05, 4.69) is 23.0 Å². The highest BCUT2D eigenvalue weighted by Crippen LogP contribution is 2.15. The Morgan fingerprint density at radius 1 is 1.70 bits per heavy atom. The van der Waals surface area contributed by atoms with Crippen molar-refractivity contribution in [1.29, 1.82) is 5.26 Å². The van der Waals surface area contributed by atoms with Crippen LogP contribution in [0.1, 0.15) is 23.4 Å². The van der Waals surface area contributed by atoms with E-state index in [4.69, 9.17) is 19.9 Å². The van der Waals surface area contributed by atoms with Crippen LogP contribution in [-0.2, 0) is 16.1 Å². The van der Waals surface area contributed by atoms with E-state index in [-0.39, 0.29) is 6.47 Å². The average Bonchev–Trinajstić information content (AvgIpc) is 3.00. The lowest BCUT2D eigenvalue weighted by atomic mass is 10.1. The average molecular weight is 279 g/mol. The second-order valence-electron chi connectivity index (χ2n) is 4.98. The van der Waals surface area contributed by atoms with Crippen LogP contribution in [-0.4, -0.2) is 48.3 Å². The molecule has 0 bridgehead atoms. The Labute approximate surface area is 119 Å². The molecule has 110 valence electrons. The number of H-pyrrole nitrogens is 1. The van der Waals surface area contributed by atoms with Crippen molar-refractivity contribution in [1.82, 2.24) is 9.88 Å². The van der Waals surface area contributed by atoms with Crippen molar-refractivity contribution in [2.45, 2.75) is 19.9 Å². The van der Waals surface area contributed by atoms with Crippen molar-refractivity contribution in [3.8, 4) is 6.07 Å². The minimum atomic E-state index is -0.250. The number of rotatable bonds is 4. The number of carbonyl (C=O) groups is 1. The quantitative estimate of drug-likeness (QED) is 0.812. The second-order valence-corrected chi connectivity index (χ2v) is 4.98. The maximum absolute atomic E-state index is 8.90. The summed E-state index contributed by atoms with van der Waals surface area (Å²) in [7, 11) is 2.11. The first-order valence-electron chi connectivity index (χ1n) is 6.53. The van der Waals surface area contributed by atoms with Gasteiger partial charge in [-0.3, -0.25) is 4.79 Å². The largest absolute Gasteiger partial charge is 0.483 e. The Morgan fingerprint density at radius 2 is 2.40 bits per heavy atom. The smallest absolute Gasteiger partial charge is 0.290 e. The zero-order valence-electron chi connectivity index (χ0n) is 11.9. The molecule has 0 spiro atoms. The number of aryl methyl sites for hydroxylation is 1. The first kappa shape index (κ1) is 16.2. The third kappa shape index (κ3) is 5.03. The summed E-state index contributed by atoms with van der Waals surface area (Å²) >= 11 is 0. The number of ether oxygens (including phenoxy) is 1. The third-order valence-electron chi connectivity index (χ3n) is 3.23. The van der Waals surface area contributed by atoms with Gasteiger partial charge in [-0.1, -0.05) is 0 Å².